The van der Waals surface area contributed by atoms with Crippen molar-refractivity contribution in [3.05, 3.63) is 35.4 Å². The summed E-state index contributed by atoms with van der Waals surface area (Å²) in [7, 11) is 1.81. The summed E-state index contributed by atoms with van der Waals surface area (Å²) in [5.74, 6) is 0. The normalized spacial score (nSPS) is 25.7. The van der Waals surface area contributed by atoms with Crippen LogP contribution in [0, 0.1) is 0 Å². The van der Waals surface area contributed by atoms with E-state index in [0.29, 0.717) is 0 Å². The van der Waals surface area contributed by atoms with Gasteiger partial charge in [-0.3, -0.25) is 0 Å². The van der Waals surface area contributed by atoms with Crippen LogP contribution in [0.3, 0.4) is 0 Å². The summed E-state index contributed by atoms with van der Waals surface area (Å²) >= 11 is 0. The average molecular weight is 205 g/mol. The molecule has 1 aliphatic rings. The fraction of sp³-hybridized carbons (Fsp3) is 0.538. The Hall–Kier alpha value is -0.860. The van der Waals surface area contributed by atoms with Gasteiger partial charge in [-0.05, 0) is 30.5 Å². The zero-order valence-electron chi connectivity index (χ0n) is 9.55. The van der Waals surface area contributed by atoms with E-state index in [9.17, 15) is 0 Å². The molecule has 0 radical (unpaired) electrons. The average Bonchev–Trinajstić information content (AvgIpc) is 2.79. The van der Waals surface area contributed by atoms with Crippen molar-refractivity contribution in [3.8, 4) is 0 Å². The van der Waals surface area contributed by atoms with Crippen molar-refractivity contribution in [3.63, 3.8) is 0 Å². The highest BCUT2D eigenvalue weighted by Gasteiger charge is 2.35. The van der Waals surface area contributed by atoms with Crippen LogP contribution in [0.2, 0.25) is 0 Å². The van der Waals surface area contributed by atoms with Crippen molar-refractivity contribution in [2.75, 3.05) is 20.2 Å². The smallest absolute Gasteiger partial charge is 0.106 e. The molecule has 1 heterocycles. The molecule has 1 aromatic rings. The Morgan fingerprint density at radius 2 is 2.07 bits per heavy atom. The Bertz CT molecular complexity index is 312. The van der Waals surface area contributed by atoms with E-state index in [1.54, 1.807) is 7.11 Å². The molecule has 0 amide bonds. The molecule has 1 saturated heterocycles. The minimum atomic E-state index is -0.0910. The zero-order chi connectivity index (χ0) is 10.7. The molecule has 0 aromatic heterocycles. The zero-order valence-corrected chi connectivity index (χ0v) is 9.55. The molecule has 2 heteroatoms. The van der Waals surface area contributed by atoms with E-state index < -0.39 is 0 Å². The van der Waals surface area contributed by atoms with Gasteiger partial charge in [0, 0.05) is 13.7 Å². The third kappa shape index (κ3) is 1.92. The molecular weight excluding hydrogens is 186 g/mol. The van der Waals surface area contributed by atoms with Crippen LogP contribution in [0.4, 0.5) is 0 Å². The molecule has 0 aliphatic carbocycles. The van der Waals surface area contributed by atoms with Gasteiger partial charge < -0.3 is 10.1 Å². The maximum Gasteiger partial charge on any atom is 0.106 e. The van der Waals surface area contributed by atoms with E-state index in [1.165, 1.54) is 11.1 Å². The SMILES string of the molecule is CCc1ccc(C2(OC)CCNC2)cc1. The van der Waals surface area contributed by atoms with E-state index in [-0.39, 0.29) is 5.60 Å². The number of nitrogens with one attached hydrogen (secondary N) is 1. The summed E-state index contributed by atoms with van der Waals surface area (Å²) < 4.78 is 5.70. The van der Waals surface area contributed by atoms with Crippen LogP contribution < -0.4 is 5.32 Å². The second kappa shape index (κ2) is 4.33. The molecule has 1 aromatic carbocycles. The van der Waals surface area contributed by atoms with Gasteiger partial charge in [0.2, 0.25) is 0 Å². The van der Waals surface area contributed by atoms with Crippen molar-refractivity contribution in [1.82, 2.24) is 5.32 Å². The van der Waals surface area contributed by atoms with E-state index >= 15 is 0 Å². The highest BCUT2D eigenvalue weighted by Crippen LogP contribution is 2.31. The van der Waals surface area contributed by atoms with Gasteiger partial charge in [0.15, 0.2) is 0 Å². The van der Waals surface area contributed by atoms with Crippen LogP contribution in [0.5, 0.6) is 0 Å². The summed E-state index contributed by atoms with van der Waals surface area (Å²) in [5.41, 5.74) is 2.59. The largest absolute Gasteiger partial charge is 0.372 e. The highest BCUT2D eigenvalue weighted by molar-refractivity contribution is 5.28. The summed E-state index contributed by atoms with van der Waals surface area (Å²) in [4.78, 5) is 0. The second-order valence-electron chi connectivity index (χ2n) is 4.18. The summed E-state index contributed by atoms with van der Waals surface area (Å²) in [6.45, 7) is 4.15. The molecule has 1 aliphatic heterocycles. The van der Waals surface area contributed by atoms with Crippen molar-refractivity contribution in [2.24, 2.45) is 0 Å². The number of methoxy groups -OCH3 is 1. The standard InChI is InChI=1S/C13H19NO/c1-3-11-4-6-12(7-5-11)13(15-2)8-9-14-10-13/h4-7,14H,3,8-10H2,1-2H3. The predicted octanol–water partition coefficient (Wildman–Crippen LogP) is 2.08. The lowest BCUT2D eigenvalue weighted by molar-refractivity contribution is 0.00324. The minimum Gasteiger partial charge on any atom is -0.372 e. The van der Waals surface area contributed by atoms with Gasteiger partial charge in [0.25, 0.3) is 0 Å². The first-order chi connectivity index (χ1) is 7.30. The molecule has 1 unspecified atom stereocenters. The Balaban J connectivity index is 2.26. The van der Waals surface area contributed by atoms with Gasteiger partial charge in [-0.2, -0.15) is 0 Å². The number of ether oxygens (including phenoxy) is 1. The van der Waals surface area contributed by atoms with Gasteiger partial charge in [-0.15, -0.1) is 0 Å². The lowest BCUT2D eigenvalue weighted by Gasteiger charge is -2.27. The number of rotatable bonds is 3. The van der Waals surface area contributed by atoms with Gasteiger partial charge in [0.1, 0.15) is 5.60 Å². The van der Waals surface area contributed by atoms with E-state index in [0.717, 1.165) is 25.9 Å². The first-order valence-electron chi connectivity index (χ1n) is 5.66. The van der Waals surface area contributed by atoms with Gasteiger partial charge in [-0.25, -0.2) is 0 Å². The second-order valence-corrected chi connectivity index (χ2v) is 4.18. The number of hydrogen-bond acceptors (Lipinski definition) is 2. The molecule has 1 N–H and O–H groups in total. The third-order valence-electron chi connectivity index (χ3n) is 3.40. The molecule has 1 atom stereocenters. The van der Waals surface area contributed by atoms with E-state index in [1.807, 2.05) is 0 Å². The molecule has 15 heavy (non-hydrogen) atoms. The molecule has 2 nitrogen and oxygen atoms in total. The summed E-state index contributed by atoms with van der Waals surface area (Å²) in [6.07, 6.45) is 2.16. The predicted molar refractivity (Wildman–Crippen MR) is 62.0 cm³/mol. The first-order valence-corrected chi connectivity index (χ1v) is 5.66. The molecule has 0 spiro atoms. The Morgan fingerprint density at radius 3 is 2.53 bits per heavy atom. The van der Waals surface area contributed by atoms with Crippen molar-refractivity contribution >= 4 is 0 Å². The van der Waals surface area contributed by atoms with Gasteiger partial charge in [0.05, 0.1) is 0 Å². The monoisotopic (exact) mass is 205 g/mol. The van der Waals surface area contributed by atoms with E-state index in [4.69, 9.17) is 4.74 Å². The van der Waals surface area contributed by atoms with Crippen LogP contribution in [0.15, 0.2) is 24.3 Å². The minimum absolute atomic E-state index is 0.0910. The Labute approximate surface area is 91.6 Å². The topological polar surface area (TPSA) is 21.3 Å². The molecule has 82 valence electrons. The quantitative estimate of drug-likeness (QED) is 0.815. The number of hydrogen-bond donors (Lipinski definition) is 1. The van der Waals surface area contributed by atoms with Crippen LogP contribution in [0.1, 0.15) is 24.5 Å². The third-order valence-corrected chi connectivity index (χ3v) is 3.40. The highest BCUT2D eigenvalue weighted by atomic mass is 16.5. The van der Waals surface area contributed by atoms with Crippen LogP contribution in [-0.2, 0) is 16.8 Å². The molecule has 2 rings (SSSR count). The lowest BCUT2D eigenvalue weighted by Crippen LogP contribution is -2.30. The number of benzene rings is 1. The summed E-state index contributed by atoms with van der Waals surface area (Å²) in [5, 5.41) is 3.37. The van der Waals surface area contributed by atoms with Gasteiger partial charge >= 0.3 is 0 Å². The van der Waals surface area contributed by atoms with Crippen LogP contribution in [-0.4, -0.2) is 20.2 Å². The van der Waals surface area contributed by atoms with Crippen molar-refractivity contribution in [2.45, 2.75) is 25.4 Å². The fourth-order valence-electron chi connectivity index (χ4n) is 2.25. The maximum absolute atomic E-state index is 5.70. The summed E-state index contributed by atoms with van der Waals surface area (Å²) in [6, 6.07) is 8.81. The van der Waals surface area contributed by atoms with Crippen LogP contribution in [0.25, 0.3) is 0 Å². The van der Waals surface area contributed by atoms with Crippen molar-refractivity contribution < 1.29 is 4.74 Å². The lowest BCUT2D eigenvalue weighted by atomic mass is 9.92. The Kier molecular flexibility index (Phi) is 3.08. The van der Waals surface area contributed by atoms with Gasteiger partial charge in [-0.1, -0.05) is 31.2 Å². The first kappa shape index (κ1) is 10.7. The molecule has 1 fully saturated rings. The van der Waals surface area contributed by atoms with Crippen LogP contribution >= 0.6 is 0 Å². The Morgan fingerprint density at radius 1 is 1.33 bits per heavy atom. The fourth-order valence-corrected chi connectivity index (χ4v) is 2.25. The van der Waals surface area contributed by atoms with E-state index in [2.05, 4.69) is 36.5 Å². The molecule has 0 saturated carbocycles. The van der Waals surface area contributed by atoms with Crippen molar-refractivity contribution in [1.29, 1.82) is 0 Å². The maximum atomic E-state index is 5.70. The molecule has 0 bridgehead atoms. The number of aryl methyl sites for hydroxylation is 1. The molecular formula is C13H19NO.